The number of anilines is 1. The minimum absolute atomic E-state index is 0.0286. The molecule has 0 bridgehead atoms. The summed E-state index contributed by atoms with van der Waals surface area (Å²) >= 11 is 1.50. The maximum Gasteiger partial charge on any atom is 0.226 e. The van der Waals surface area contributed by atoms with Gasteiger partial charge in [0.15, 0.2) is 5.13 Å². The lowest BCUT2D eigenvalue weighted by Gasteiger charge is -2.08. The highest BCUT2D eigenvalue weighted by Crippen LogP contribution is 2.26. The molecule has 124 valence electrons. The zero-order valence-corrected chi connectivity index (χ0v) is 14.7. The zero-order chi connectivity index (χ0) is 16.9. The van der Waals surface area contributed by atoms with Crippen molar-refractivity contribution in [2.45, 2.75) is 26.7 Å². The van der Waals surface area contributed by atoms with Crippen LogP contribution in [-0.2, 0) is 4.79 Å². The van der Waals surface area contributed by atoms with Gasteiger partial charge in [-0.3, -0.25) is 4.79 Å². The van der Waals surface area contributed by atoms with Crippen molar-refractivity contribution in [3.05, 3.63) is 53.6 Å². The molecule has 0 aliphatic carbocycles. The molecule has 0 unspecified atom stereocenters. The summed E-state index contributed by atoms with van der Waals surface area (Å²) in [5, 5.41) is 3.53. The fourth-order valence-electron chi connectivity index (χ4n) is 2.40. The molecule has 5 heteroatoms. The quantitative estimate of drug-likeness (QED) is 0.661. The van der Waals surface area contributed by atoms with E-state index in [0.29, 0.717) is 24.6 Å². The maximum atomic E-state index is 12.0. The molecule has 0 saturated carbocycles. The van der Waals surface area contributed by atoms with Crippen molar-refractivity contribution in [1.29, 1.82) is 0 Å². The molecule has 4 nitrogen and oxygen atoms in total. The molecule has 1 aromatic heterocycles. The number of benzene rings is 2. The second-order valence-corrected chi connectivity index (χ2v) is 6.79. The summed E-state index contributed by atoms with van der Waals surface area (Å²) in [5.41, 5.74) is 3.22. The number of nitrogens with one attached hydrogen (secondary N) is 1. The summed E-state index contributed by atoms with van der Waals surface area (Å²) in [4.78, 5) is 16.5. The van der Waals surface area contributed by atoms with Gasteiger partial charge < -0.3 is 10.1 Å². The number of aromatic nitrogens is 1. The topological polar surface area (TPSA) is 51.2 Å². The van der Waals surface area contributed by atoms with Crippen molar-refractivity contribution in [3.63, 3.8) is 0 Å². The summed E-state index contributed by atoms with van der Waals surface area (Å²) in [5.74, 6) is 0.846. The number of hydrogen-bond acceptors (Lipinski definition) is 4. The first-order valence-corrected chi connectivity index (χ1v) is 8.79. The minimum Gasteiger partial charge on any atom is -0.493 e. The first kappa shape index (κ1) is 16.5. The molecular weight excluding hydrogens is 320 g/mol. The van der Waals surface area contributed by atoms with Crippen LogP contribution in [0.3, 0.4) is 0 Å². The SMILES string of the molecule is Cc1ccc2nc(NC(=O)CCCOc3ccccc3C)sc2c1. The van der Waals surface area contributed by atoms with Gasteiger partial charge in [-0.25, -0.2) is 4.98 Å². The van der Waals surface area contributed by atoms with E-state index in [0.717, 1.165) is 21.5 Å². The van der Waals surface area contributed by atoms with Crippen molar-refractivity contribution >= 4 is 32.6 Å². The molecule has 3 aromatic rings. The van der Waals surface area contributed by atoms with Gasteiger partial charge in [0.2, 0.25) is 5.91 Å². The van der Waals surface area contributed by atoms with E-state index in [1.54, 1.807) is 0 Å². The molecule has 0 aliphatic rings. The highest BCUT2D eigenvalue weighted by atomic mass is 32.1. The Kier molecular flexibility index (Phi) is 5.11. The number of ether oxygens (including phenoxy) is 1. The van der Waals surface area contributed by atoms with Gasteiger partial charge in [-0.2, -0.15) is 0 Å². The van der Waals surface area contributed by atoms with Gasteiger partial charge in [0.25, 0.3) is 0 Å². The van der Waals surface area contributed by atoms with Crippen LogP contribution < -0.4 is 10.1 Å². The Morgan fingerprint density at radius 2 is 2.04 bits per heavy atom. The fourth-order valence-corrected chi connectivity index (χ4v) is 3.38. The highest BCUT2D eigenvalue weighted by Gasteiger charge is 2.08. The lowest BCUT2D eigenvalue weighted by Crippen LogP contribution is -2.12. The number of hydrogen-bond donors (Lipinski definition) is 1. The summed E-state index contributed by atoms with van der Waals surface area (Å²) < 4.78 is 6.80. The van der Waals surface area contributed by atoms with E-state index in [-0.39, 0.29) is 5.91 Å². The zero-order valence-electron chi connectivity index (χ0n) is 13.8. The normalized spacial score (nSPS) is 10.8. The molecule has 2 aromatic carbocycles. The molecule has 0 saturated heterocycles. The average Bonchev–Trinajstić information content (AvgIpc) is 2.94. The Morgan fingerprint density at radius 1 is 1.21 bits per heavy atom. The number of thiazole rings is 1. The van der Waals surface area contributed by atoms with Crippen LogP contribution in [0.25, 0.3) is 10.2 Å². The number of amides is 1. The van der Waals surface area contributed by atoms with Crippen molar-refractivity contribution in [2.75, 3.05) is 11.9 Å². The lowest BCUT2D eigenvalue weighted by molar-refractivity contribution is -0.116. The average molecular weight is 340 g/mol. The second kappa shape index (κ2) is 7.45. The Morgan fingerprint density at radius 3 is 2.88 bits per heavy atom. The molecule has 1 amide bonds. The molecule has 0 atom stereocenters. The molecule has 1 N–H and O–H groups in total. The van der Waals surface area contributed by atoms with Gasteiger partial charge in [-0.1, -0.05) is 35.6 Å². The highest BCUT2D eigenvalue weighted by molar-refractivity contribution is 7.22. The van der Waals surface area contributed by atoms with Crippen molar-refractivity contribution in [3.8, 4) is 5.75 Å². The smallest absolute Gasteiger partial charge is 0.226 e. The summed E-state index contributed by atoms with van der Waals surface area (Å²) in [6, 6.07) is 14.0. The monoisotopic (exact) mass is 340 g/mol. The van der Waals surface area contributed by atoms with Gasteiger partial charge in [-0.15, -0.1) is 0 Å². The number of fused-ring (bicyclic) bond motifs is 1. The first-order chi connectivity index (χ1) is 11.6. The Balaban J connectivity index is 1.47. The first-order valence-electron chi connectivity index (χ1n) is 7.97. The molecule has 24 heavy (non-hydrogen) atoms. The van der Waals surface area contributed by atoms with E-state index in [1.807, 2.05) is 50.2 Å². The van der Waals surface area contributed by atoms with E-state index < -0.39 is 0 Å². The number of aryl methyl sites for hydroxylation is 2. The predicted molar refractivity (Wildman–Crippen MR) is 98.9 cm³/mol. The Labute approximate surface area is 145 Å². The molecule has 0 fully saturated rings. The number of carbonyl (C=O) groups excluding carboxylic acids is 1. The van der Waals surface area contributed by atoms with Crippen molar-refractivity contribution in [2.24, 2.45) is 0 Å². The van der Waals surface area contributed by atoms with Crippen LogP contribution in [0, 0.1) is 13.8 Å². The molecule has 0 aliphatic heterocycles. The van der Waals surface area contributed by atoms with E-state index in [9.17, 15) is 4.79 Å². The van der Waals surface area contributed by atoms with Gasteiger partial charge >= 0.3 is 0 Å². The minimum atomic E-state index is -0.0286. The lowest BCUT2D eigenvalue weighted by atomic mass is 10.2. The van der Waals surface area contributed by atoms with Gasteiger partial charge in [0, 0.05) is 6.42 Å². The molecule has 0 spiro atoms. The molecule has 1 heterocycles. The number of rotatable bonds is 6. The Bertz CT molecular complexity index is 857. The third kappa shape index (κ3) is 4.11. The number of nitrogens with zero attached hydrogens (tertiary/aromatic N) is 1. The van der Waals surface area contributed by atoms with Crippen LogP contribution in [0.1, 0.15) is 24.0 Å². The van der Waals surface area contributed by atoms with E-state index in [4.69, 9.17) is 4.74 Å². The van der Waals surface area contributed by atoms with Crippen LogP contribution in [0.4, 0.5) is 5.13 Å². The van der Waals surface area contributed by atoms with Crippen LogP contribution in [0.2, 0.25) is 0 Å². The van der Waals surface area contributed by atoms with Crippen LogP contribution in [0.5, 0.6) is 5.75 Å². The van der Waals surface area contributed by atoms with Gasteiger partial charge in [0.1, 0.15) is 5.75 Å². The molecule has 0 radical (unpaired) electrons. The summed E-state index contributed by atoms with van der Waals surface area (Å²) in [7, 11) is 0. The van der Waals surface area contributed by atoms with Gasteiger partial charge in [-0.05, 0) is 49.6 Å². The van der Waals surface area contributed by atoms with E-state index in [1.165, 1.54) is 16.9 Å². The third-order valence-corrected chi connectivity index (χ3v) is 4.62. The second-order valence-electron chi connectivity index (χ2n) is 5.76. The van der Waals surface area contributed by atoms with E-state index in [2.05, 4.69) is 16.4 Å². The van der Waals surface area contributed by atoms with Gasteiger partial charge in [0.05, 0.1) is 16.8 Å². The van der Waals surface area contributed by atoms with E-state index >= 15 is 0 Å². The Hall–Kier alpha value is -2.40. The van der Waals surface area contributed by atoms with Crippen LogP contribution >= 0.6 is 11.3 Å². The molecule has 3 rings (SSSR count). The van der Waals surface area contributed by atoms with Crippen LogP contribution in [0.15, 0.2) is 42.5 Å². The largest absolute Gasteiger partial charge is 0.493 e. The molecular formula is C19H20N2O2S. The maximum absolute atomic E-state index is 12.0. The standard InChI is InChI=1S/C19H20N2O2S/c1-13-9-10-15-17(12-13)24-19(20-15)21-18(22)8-5-11-23-16-7-4-3-6-14(16)2/h3-4,6-7,9-10,12H,5,8,11H2,1-2H3,(H,20,21,22). The van der Waals surface area contributed by atoms with Crippen molar-refractivity contribution < 1.29 is 9.53 Å². The predicted octanol–water partition coefficient (Wildman–Crippen LogP) is 4.71. The van der Waals surface area contributed by atoms with Crippen LogP contribution in [-0.4, -0.2) is 17.5 Å². The van der Waals surface area contributed by atoms with Crippen molar-refractivity contribution in [1.82, 2.24) is 4.98 Å². The fraction of sp³-hybridized carbons (Fsp3) is 0.263. The summed E-state index contributed by atoms with van der Waals surface area (Å²) in [6.07, 6.45) is 1.09. The third-order valence-electron chi connectivity index (χ3n) is 3.69. The summed E-state index contributed by atoms with van der Waals surface area (Å²) in [6.45, 7) is 4.58. The number of para-hydroxylation sites is 1. The number of carbonyl (C=O) groups is 1.